The van der Waals surface area contributed by atoms with Crippen LogP contribution in [0.5, 0.6) is 11.5 Å². The van der Waals surface area contributed by atoms with Crippen LogP contribution in [-0.4, -0.2) is 49.4 Å². The molecule has 0 heterocycles. The molecular formula is C26H39NO9. The zero-order valence-corrected chi connectivity index (χ0v) is 21.7. The fourth-order valence-corrected chi connectivity index (χ4v) is 2.99. The maximum atomic E-state index is 12.4. The molecule has 10 heteroatoms. The summed E-state index contributed by atoms with van der Waals surface area (Å²) in [6, 6.07) is 3.61. The monoisotopic (exact) mass is 509 g/mol. The predicted octanol–water partition coefficient (Wildman–Crippen LogP) is 4.24. The van der Waals surface area contributed by atoms with E-state index in [0.717, 1.165) is 19.3 Å². The number of rotatable bonds is 16. The molecule has 0 bridgehead atoms. The van der Waals surface area contributed by atoms with Crippen LogP contribution in [0, 0.1) is 0 Å². The first-order chi connectivity index (χ1) is 17.2. The van der Waals surface area contributed by atoms with Gasteiger partial charge in [0.25, 0.3) is 0 Å². The van der Waals surface area contributed by atoms with Gasteiger partial charge in [-0.05, 0) is 50.3 Å². The van der Waals surface area contributed by atoms with E-state index in [2.05, 4.69) is 0 Å². The number of hydrogen-bond acceptors (Lipinski definition) is 10. The molecule has 0 radical (unpaired) electrons. The zero-order valence-electron chi connectivity index (χ0n) is 21.7. The van der Waals surface area contributed by atoms with Crippen molar-refractivity contribution in [1.29, 1.82) is 0 Å². The minimum absolute atomic E-state index is 0.0768. The summed E-state index contributed by atoms with van der Waals surface area (Å²) >= 11 is 0. The van der Waals surface area contributed by atoms with Gasteiger partial charge in [-0.3, -0.25) is 14.4 Å². The summed E-state index contributed by atoms with van der Waals surface area (Å²) in [7, 11) is 0. The number of benzene rings is 1. The lowest BCUT2D eigenvalue weighted by atomic mass is 10.1. The summed E-state index contributed by atoms with van der Waals surface area (Å²) < 4.78 is 25.8. The highest BCUT2D eigenvalue weighted by molar-refractivity contribution is 5.77. The lowest BCUT2D eigenvalue weighted by molar-refractivity contribution is -0.152. The second-order valence-corrected chi connectivity index (χ2v) is 8.40. The van der Waals surface area contributed by atoms with Gasteiger partial charge in [-0.25, -0.2) is 4.79 Å². The minimum Gasteiger partial charge on any atom is -0.458 e. The van der Waals surface area contributed by atoms with Crippen molar-refractivity contribution in [3.8, 4) is 11.5 Å². The standard InChI is InChI=1S/C26H39NO9/c1-5-8-9-14-32-26(31)33-17-18(4)34-25(30)20(27)15-19-12-13-21(35-23(28)10-6-2)22(16-19)36-24(29)11-7-3/h12-13,16,18,20H,5-11,14-15,17,27H2,1-4H3/t18-,20-/m0/s1. The second-order valence-electron chi connectivity index (χ2n) is 8.40. The molecule has 0 fully saturated rings. The third-order valence-electron chi connectivity index (χ3n) is 4.84. The first-order valence-corrected chi connectivity index (χ1v) is 12.5. The normalized spacial score (nSPS) is 12.2. The van der Waals surface area contributed by atoms with Gasteiger partial charge in [-0.15, -0.1) is 0 Å². The van der Waals surface area contributed by atoms with Crippen molar-refractivity contribution in [1.82, 2.24) is 0 Å². The molecule has 0 unspecified atom stereocenters. The molecule has 0 aliphatic heterocycles. The Morgan fingerprint density at radius 2 is 1.50 bits per heavy atom. The summed E-state index contributed by atoms with van der Waals surface area (Å²) in [5.41, 5.74) is 6.58. The van der Waals surface area contributed by atoms with Gasteiger partial charge in [0.05, 0.1) is 6.61 Å². The van der Waals surface area contributed by atoms with E-state index in [4.69, 9.17) is 29.4 Å². The van der Waals surface area contributed by atoms with E-state index in [1.165, 1.54) is 12.1 Å². The Balaban J connectivity index is 2.69. The number of nitrogens with two attached hydrogens (primary N) is 1. The third kappa shape index (κ3) is 12.5. The van der Waals surface area contributed by atoms with Crippen LogP contribution in [0.2, 0.25) is 0 Å². The molecule has 2 atom stereocenters. The van der Waals surface area contributed by atoms with Crippen molar-refractivity contribution in [2.24, 2.45) is 5.73 Å². The van der Waals surface area contributed by atoms with E-state index in [0.29, 0.717) is 18.4 Å². The second kappa shape index (κ2) is 17.3. The SMILES string of the molecule is CCCCCOC(=O)OC[C@H](C)OC(=O)[C@@H](N)Cc1ccc(OC(=O)CCC)c(OC(=O)CCC)c1. The van der Waals surface area contributed by atoms with Gasteiger partial charge in [0.2, 0.25) is 0 Å². The minimum atomic E-state index is -1.03. The molecule has 0 amide bonds. The zero-order chi connectivity index (χ0) is 26.9. The largest absolute Gasteiger partial charge is 0.508 e. The highest BCUT2D eigenvalue weighted by Gasteiger charge is 2.21. The predicted molar refractivity (Wildman–Crippen MR) is 132 cm³/mol. The molecule has 0 aliphatic rings. The maximum Gasteiger partial charge on any atom is 0.508 e. The molecule has 0 spiro atoms. The van der Waals surface area contributed by atoms with E-state index in [1.54, 1.807) is 13.0 Å². The number of carbonyl (C=O) groups is 4. The smallest absolute Gasteiger partial charge is 0.458 e. The molecule has 1 aromatic rings. The fraction of sp³-hybridized carbons (Fsp3) is 0.615. The van der Waals surface area contributed by atoms with Gasteiger partial charge < -0.3 is 29.4 Å². The summed E-state index contributed by atoms with van der Waals surface area (Å²) in [4.78, 5) is 47.9. The Labute approximate surface area is 212 Å². The van der Waals surface area contributed by atoms with Gasteiger partial charge in [-0.1, -0.05) is 39.7 Å². The van der Waals surface area contributed by atoms with Crippen molar-refractivity contribution in [2.75, 3.05) is 13.2 Å². The molecule has 0 aliphatic carbocycles. The van der Waals surface area contributed by atoms with Crippen LogP contribution in [0.15, 0.2) is 18.2 Å². The molecule has 10 nitrogen and oxygen atoms in total. The summed E-state index contributed by atoms with van der Waals surface area (Å²) in [6.07, 6.45) is 2.88. The Hall–Kier alpha value is -3.14. The number of carbonyl (C=O) groups excluding carboxylic acids is 4. The van der Waals surface area contributed by atoms with Crippen LogP contribution < -0.4 is 15.2 Å². The van der Waals surface area contributed by atoms with E-state index < -0.39 is 36.2 Å². The average molecular weight is 510 g/mol. The summed E-state index contributed by atoms with van der Waals surface area (Å²) in [5, 5.41) is 0. The first-order valence-electron chi connectivity index (χ1n) is 12.5. The lowest BCUT2D eigenvalue weighted by Crippen LogP contribution is -2.37. The molecule has 0 saturated heterocycles. The van der Waals surface area contributed by atoms with Gasteiger partial charge in [0.1, 0.15) is 18.8 Å². The van der Waals surface area contributed by atoms with Crippen LogP contribution in [-0.2, 0) is 35.0 Å². The van der Waals surface area contributed by atoms with E-state index in [1.807, 2.05) is 20.8 Å². The topological polar surface area (TPSA) is 140 Å². The number of hydrogen-bond donors (Lipinski definition) is 1. The molecule has 0 saturated carbocycles. The van der Waals surface area contributed by atoms with Crippen LogP contribution in [0.25, 0.3) is 0 Å². The van der Waals surface area contributed by atoms with Crippen molar-refractivity contribution in [3.63, 3.8) is 0 Å². The summed E-state index contributed by atoms with van der Waals surface area (Å²) in [5.74, 6) is -1.41. The molecule has 1 rings (SSSR count). The van der Waals surface area contributed by atoms with E-state index >= 15 is 0 Å². The maximum absolute atomic E-state index is 12.4. The Bertz CT molecular complexity index is 856. The fourth-order valence-electron chi connectivity index (χ4n) is 2.99. The van der Waals surface area contributed by atoms with Crippen LogP contribution in [0.3, 0.4) is 0 Å². The van der Waals surface area contributed by atoms with Crippen molar-refractivity contribution >= 4 is 24.1 Å². The average Bonchev–Trinajstić information content (AvgIpc) is 2.82. The van der Waals surface area contributed by atoms with Gasteiger partial charge >= 0.3 is 24.1 Å². The molecule has 0 aromatic heterocycles. The van der Waals surface area contributed by atoms with Gasteiger partial charge in [0.15, 0.2) is 11.5 Å². The van der Waals surface area contributed by atoms with Crippen molar-refractivity contribution < 1.29 is 42.9 Å². The highest BCUT2D eigenvalue weighted by Crippen LogP contribution is 2.30. The van der Waals surface area contributed by atoms with Crippen LogP contribution in [0.4, 0.5) is 4.79 Å². The van der Waals surface area contributed by atoms with Crippen LogP contribution in [0.1, 0.15) is 78.2 Å². The Morgan fingerprint density at radius 3 is 2.11 bits per heavy atom. The van der Waals surface area contributed by atoms with Crippen molar-refractivity contribution in [2.45, 2.75) is 91.2 Å². The lowest BCUT2D eigenvalue weighted by Gasteiger charge is -2.17. The molecule has 2 N–H and O–H groups in total. The first kappa shape index (κ1) is 30.9. The van der Waals surface area contributed by atoms with Crippen LogP contribution >= 0.6 is 0 Å². The number of esters is 3. The number of ether oxygens (including phenoxy) is 5. The molecule has 36 heavy (non-hydrogen) atoms. The van der Waals surface area contributed by atoms with Gasteiger partial charge in [-0.2, -0.15) is 0 Å². The molecule has 1 aromatic carbocycles. The summed E-state index contributed by atoms with van der Waals surface area (Å²) in [6.45, 7) is 7.41. The van der Waals surface area contributed by atoms with Gasteiger partial charge in [0, 0.05) is 12.8 Å². The van der Waals surface area contributed by atoms with E-state index in [-0.39, 0.29) is 44.0 Å². The highest BCUT2D eigenvalue weighted by atomic mass is 16.7. The van der Waals surface area contributed by atoms with E-state index in [9.17, 15) is 19.2 Å². The number of unbranched alkanes of at least 4 members (excludes halogenated alkanes) is 2. The third-order valence-corrected chi connectivity index (χ3v) is 4.84. The molecule has 202 valence electrons. The van der Waals surface area contributed by atoms with Crippen molar-refractivity contribution in [3.05, 3.63) is 23.8 Å². The Morgan fingerprint density at radius 1 is 0.861 bits per heavy atom. The quantitative estimate of drug-likeness (QED) is 0.195. The molecular weight excluding hydrogens is 470 g/mol. The Kier molecular flexibility index (Phi) is 14.9.